The van der Waals surface area contributed by atoms with E-state index in [0.29, 0.717) is 64.1 Å². The van der Waals surface area contributed by atoms with Crippen LogP contribution in [0.25, 0.3) is 22.1 Å². The van der Waals surface area contributed by atoms with Gasteiger partial charge in [-0.1, -0.05) is 93.2 Å². The number of amides is 2. The summed E-state index contributed by atoms with van der Waals surface area (Å²) in [6.45, 7) is 11.4. The molecule has 3 aliphatic carbocycles. The van der Waals surface area contributed by atoms with Crippen LogP contribution in [0, 0.1) is 58.2 Å². The van der Waals surface area contributed by atoms with E-state index in [9.17, 15) is 46.3 Å². The Bertz CT molecular complexity index is 3190. The van der Waals surface area contributed by atoms with Crippen LogP contribution in [0.3, 0.4) is 0 Å². The van der Waals surface area contributed by atoms with Gasteiger partial charge in [0.2, 0.25) is 23.6 Å². The number of nitrogens with zero attached hydrogens (tertiary/aromatic N) is 6. The van der Waals surface area contributed by atoms with E-state index < -0.39 is 83.6 Å². The number of hydrogen-bond acceptors (Lipinski definition) is 16. The predicted molar refractivity (Wildman–Crippen MR) is 323 cm³/mol. The first-order valence-corrected chi connectivity index (χ1v) is 32.3. The second-order valence-corrected chi connectivity index (χ2v) is 28.6. The maximum Gasteiger partial charge on any atom is 0.387 e. The number of carbonyl (C=O) groups is 4. The number of alkyl halides is 4. The first-order chi connectivity index (χ1) is 42.7. The number of ether oxygens (including phenoxy) is 6. The normalized spacial score (nSPS) is 30.7. The number of hydrogen-bond donors (Lipinski definition) is 0. The molecule has 2 radical (unpaired) electrons. The standard InChI is InChI=1S/C34H42F2N3O6.C34H44F2N3O6.2V/c1-18-27(17-40)39-16-29(18)45-31-25(37-24-11-10-20(43-33(35)36)14-26(24)38-31)9-7-5-6-8-21-22-12-19(22)13-28(21)44-30(41)15-23(32(39)42)34(2,3)4;1-20-27(19-40)39-18-28(20)44-30-25(37-24-14-13-22(43-32(35)36)16-26(24)38-30)12-8-6-7-10-21-11-9-15-34(21,5)45-29(41)17-23(31(39)42)33(2,3)4;;/h10-11,14,18-19,21-23,27-29,33H,5-9,12-13,15-16H2,1-4H3;13-14,16,20-21,23,27-28,32H,6-12,15,17-18H2,1-5H3;;/q2*-1;;/t18-,19?,21+,22?,23+,27+,28+,29-;20-,21+,23+,27+,28-,34+;;/m00../s1. The minimum atomic E-state index is -2.98. The molecule has 92 heavy (non-hydrogen) atoms. The molecule has 0 N–H and O–H groups in total. The van der Waals surface area contributed by atoms with E-state index in [2.05, 4.69) is 19.4 Å². The van der Waals surface area contributed by atoms with E-state index >= 15 is 0 Å². The summed E-state index contributed by atoms with van der Waals surface area (Å²) < 4.78 is 85.9. The van der Waals surface area contributed by atoms with E-state index in [4.69, 9.17) is 28.9 Å². The van der Waals surface area contributed by atoms with E-state index in [1.165, 1.54) is 40.5 Å². The number of aromatic nitrogens is 4. The van der Waals surface area contributed by atoms with Gasteiger partial charge in [-0.05, 0) is 148 Å². The van der Waals surface area contributed by atoms with E-state index in [1.54, 1.807) is 12.1 Å². The van der Waals surface area contributed by atoms with Gasteiger partial charge in [0.05, 0.1) is 59.8 Å². The van der Waals surface area contributed by atoms with E-state index in [-0.39, 0.29) is 116 Å². The SMILES string of the molecule is C[C@@H]1[C@@H]2CN(C(=O)[C@H](C(C)(C)C)CC(=O)O[C@@H]3CC4CC4[C@H]3CCCCCc3nc4ccc(OC(F)F)cc4nc3O2)[C@@H]1[C-]=O.C[C@@H]1[C@@H]2CN(C(=O)[C@H](C(C)(C)C)CC(=O)O[C@]3(C)CCC[C@H]3CCCCCc3nc4ccc(OC(F)F)cc4nc3O2)[C@@H]1[C-]=O.[V].[V]. The Morgan fingerprint density at radius 1 is 0.576 bits per heavy atom. The maximum atomic E-state index is 14.1. The molecule has 2 unspecified atom stereocenters. The predicted octanol–water partition coefficient (Wildman–Crippen LogP) is 11.9. The molecule has 6 heterocycles. The van der Waals surface area contributed by atoms with Gasteiger partial charge in [0.15, 0.2) is 0 Å². The molecular weight excluding hydrogens is 1270 g/mol. The third kappa shape index (κ3) is 16.6. The third-order valence-electron chi connectivity index (χ3n) is 20.3. The molecule has 4 aliphatic heterocycles. The summed E-state index contributed by atoms with van der Waals surface area (Å²) in [4.78, 5) is 101. The Balaban J connectivity index is 0.000000232. The van der Waals surface area contributed by atoms with Crippen molar-refractivity contribution in [2.24, 2.45) is 58.2 Å². The third-order valence-corrected chi connectivity index (χ3v) is 20.3. The van der Waals surface area contributed by atoms with Crippen LogP contribution in [0.1, 0.15) is 170 Å². The molecule has 3 saturated carbocycles. The number of benzene rings is 2. The van der Waals surface area contributed by atoms with Crippen molar-refractivity contribution in [1.82, 2.24) is 29.7 Å². The summed E-state index contributed by atoms with van der Waals surface area (Å²) in [5.74, 6) is -1.46. The van der Waals surface area contributed by atoms with Crippen LogP contribution in [0.15, 0.2) is 36.4 Å². The van der Waals surface area contributed by atoms with Crippen LogP contribution in [0.4, 0.5) is 17.6 Å². The Hall–Kier alpha value is -5.57. The molecule has 14 atom stereocenters. The van der Waals surface area contributed by atoms with Crippen molar-refractivity contribution in [3.63, 3.8) is 0 Å². The van der Waals surface area contributed by atoms with Gasteiger partial charge in [-0.25, -0.2) is 32.5 Å². The molecule has 2 aromatic carbocycles. The van der Waals surface area contributed by atoms with Gasteiger partial charge in [0, 0.05) is 49.2 Å². The van der Waals surface area contributed by atoms with Crippen molar-refractivity contribution in [2.45, 2.75) is 221 Å². The number of rotatable bonds is 6. The molecule has 5 fully saturated rings. The minimum absolute atomic E-state index is 0. The largest absolute Gasteiger partial charge is 0.540 e. The molecule has 2 aromatic heterocycles. The van der Waals surface area contributed by atoms with Gasteiger partial charge in [0.25, 0.3) is 0 Å². The summed E-state index contributed by atoms with van der Waals surface area (Å²) in [5.41, 5.74) is 1.25. The molecule has 2 amide bonds. The molecule has 0 spiro atoms. The Labute approximate surface area is 560 Å². The fourth-order valence-electron chi connectivity index (χ4n) is 14.9. The van der Waals surface area contributed by atoms with Crippen molar-refractivity contribution >= 4 is 58.4 Å². The smallest absolute Gasteiger partial charge is 0.387 e. The van der Waals surface area contributed by atoms with Crippen molar-refractivity contribution in [1.29, 1.82) is 0 Å². The van der Waals surface area contributed by atoms with Crippen molar-refractivity contribution in [2.75, 3.05) is 13.1 Å². The van der Waals surface area contributed by atoms with E-state index in [0.717, 1.165) is 77.0 Å². The van der Waals surface area contributed by atoms with Crippen LogP contribution in [-0.2, 0) is 88.2 Å². The van der Waals surface area contributed by atoms with Gasteiger partial charge >= 0.3 is 25.2 Å². The van der Waals surface area contributed by atoms with Gasteiger partial charge in [0.1, 0.15) is 46.8 Å². The average Bonchev–Trinajstić information content (AvgIpc) is 1.59. The zero-order chi connectivity index (χ0) is 64.6. The first kappa shape index (κ1) is 72.3. The van der Waals surface area contributed by atoms with Crippen LogP contribution >= 0.6 is 0 Å². The van der Waals surface area contributed by atoms with Gasteiger partial charge < -0.3 is 47.8 Å². The molecule has 7 aliphatic rings. The van der Waals surface area contributed by atoms with Crippen molar-refractivity contribution in [3.05, 3.63) is 47.8 Å². The summed E-state index contributed by atoms with van der Waals surface area (Å²) >= 11 is 0. The van der Waals surface area contributed by atoms with Crippen molar-refractivity contribution < 1.29 is 112 Å². The Morgan fingerprint density at radius 2 is 1.04 bits per heavy atom. The van der Waals surface area contributed by atoms with Gasteiger partial charge in [-0.15, -0.1) is 0 Å². The number of aryl methyl sites for hydroxylation is 2. The second-order valence-electron chi connectivity index (χ2n) is 28.6. The van der Waals surface area contributed by atoms with Crippen molar-refractivity contribution in [3.8, 4) is 23.3 Å². The molecule has 18 nitrogen and oxygen atoms in total. The average molecular weight is 1360 g/mol. The molecule has 500 valence electrons. The summed E-state index contributed by atoms with van der Waals surface area (Å²) in [6.07, 6.45) is 16.0. The Morgan fingerprint density at radius 3 is 1.51 bits per heavy atom. The van der Waals surface area contributed by atoms with Gasteiger partial charge in [-0.3, -0.25) is 19.2 Å². The summed E-state index contributed by atoms with van der Waals surface area (Å²) in [7, 11) is 0. The first-order valence-electron chi connectivity index (χ1n) is 32.3. The zero-order valence-electron chi connectivity index (χ0n) is 54.0. The van der Waals surface area contributed by atoms with Crippen LogP contribution < -0.4 is 18.9 Å². The fourth-order valence-corrected chi connectivity index (χ4v) is 14.9. The number of esters is 2. The van der Waals surface area contributed by atoms with Crippen LogP contribution in [0.5, 0.6) is 23.3 Å². The zero-order valence-corrected chi connectivity index (χ0v) is 56.8. The molecule has 4 bridgehead atoms. The van der Waals surface area contributed by atoms with Crippen LogP contribution in [-0.4, -0.2) is 128 Å². The number of halogens is 4. The second kappa shape index (κ2) is 30.0. The summed E-state index contributed by atoms with van der Waals surface area (Å²) in [5, 5.41) is 0. The number of fused-ring (bicyclic) bond motifs is 12. The van der Waals surface area contributed by atoms with Crippen LogP contribution in [0.2, 0.25) is 0 Å². The van der Waals surface area contributed by atoms with Gasteiger partial charge in [-0.2, -0.15) is 17.6 Å². The molecule has 2 saturated heterocycles. The molecule has 24 heteroatoms. The number of carbonyl (C=O) groups excluding carboxylic acids is 6. The fraction of sp³-hybridized carbons (Fsp3) is 0.676. The Kier molecular flexibility index (Phi) is 23.6. The topological polar surface area (TPSA) is 216 Å². The monoisotopic (exact) mass is 1360 g/mol. The quantitative estimate of drug-likeness (QED) is 0.0996. The van der Waals surface area contributed by atoms with E-state index in [1.807, 2.05) is 74.9 Å². The molecule has 11 rings (SSSR count). The summed E-state index contributed by atoms with van der Waals surface area (Å²) in [6, 6.07) is 7.09. The minimum Gasteiger partial charge on any atom is -0.540 e. The molecular formula is C68H86F4N6O12V2-2. The maximum absolute atomic E-state index is 14.1. The molecule has 4 aromatic rings.